The lowest BCUT2D eigenvalue weighted by Gasteiger charge is -2.34. The van der Waals surface area contributed by atoms with Gasteiger partial charge < -0.3 is 4.74 Å². The van der Waals surface area contributed by atoms with Crippen LogP contribution in [0.1, 0.15) is 11.1 Å². The van der Waals surface area contributed by atoms with E-state index in [9.17, 15) is 22.4 Å². The van der Waals surface area contributed by atoms with Gasteiger partial charge in [0, 0.05) is 24.5 Å². The smallest absolute Gasteiger partial charge is 0.413 e. The highest BCUT2D eigenvalue weighted by molar-refractivity contribution is 5.78. The number of hydrogen-bond donors (Lipinski definition) is 0. The zero-order valence-electron chi connectivity index (χ0n) is 16.5. The number of ether oxygens (including phenoxy) is 1. The number of alkyl halides is 3. The largest absolute Gasteiger partial charge is 0.433 e. The fourth-order valence-electron chi connectivity index (χ4n) is 4.41. The predicted molar refractivity (Wildman–Crippen MR) is 105 cm³/mol. The molecule has 2 atom stereocenters. The van der Waals surface area contributed by atoms with Crippen LogP contribution in [0.2, 0.25) is 0 Å². The number of anilines is 2. The first kappa shape index (κ1) is 20.2. The van der Waals surface area contributed by atoms with Gasteiger partial charge in [-0.1, -0.05) is 30.3 Å². The Morgan fingerprint density at radius 3 is 2.47 bits per heavy atom. The third-order valence-electron chi connectivity index (χ3n) is 5.62. The molecule has 1 aromatic heterocycles. The van der Waals surface area contributed by atoms with E-state index < -0.39 is 29.7 Å². The highest BCUT2D eigenvalue weighted by Crippen LogP contribution is 2.56. The fourth-order valence-corrected chi connectivity index (χ4v) is 4.41. The van der Waals surface area contributed by atoms with Gasteiger partial charge in [0.05, 0.1) is 12.2 Å². The van der Waals surface area contributed by atoms with Gasteiger partial charge in [-0.05, 0) is 29.8 Å². The Morgan fingerprint density at radius 2 is 1.78 bits per heavy atom. The molecule has 1 saturated heterocycles. The van der Waals surface area contributed by atoms with Crippen molar-refractivity contribution in [3.8, 4) is 0 Å². The van der Waals surface area contributed by atoms with Crippen LogP contribution in [0.4, 0.5) is 34.0 Å². The number of carbonyl (C=O) groups is 1. The Kier molecular flexibility index (Phi) is 4.54. The molecule has 10 heteroatoms. The maximum atomic E-state index is 14.5. The van der Waals surface area contributed by atoms with Crippen LogP contribution in [0.3, 0.4) is 0 Å². The summed E-state index contributed by atoms with van der Waals surface area (Å²) in [6.07, 6.45) is -3.14. The van der Waals surface area contributed by atoms with Crippen molar-refractivity contribution in [2.24, 2.45) is 0 Å². The summed E-state index contributed by atoms with van der Waals surface area (Å²) >= 11 is 0. The lowest BCUT2D eigenvalue weighted by Crippen LogP contribution is -2.54. The normalized spacial score (nSPS) is 22.4. The van der Waals surface area contributed by atoms with Gasteiger partial charge in [0.1, 0.15) is 5.82 Å². The Hall–Kier alpha value is -3.69. The SMILES string of the molecule is O=C1OC2(CN1Cc1ccccc1)c1ccc(F)cc1N(c1ncccn1)C2C(F)(F)F. The number of hydrogen-bond acceptors (Lipinski definition) is 5. The lowest BCUT2D eigenvalue weighted by molar-refractivity contribution is -0.183. The molecule has 1 amide bonds. The van der Waals surface area contributed by atoms with Crippen LogP contribution < -0.4 is 4.90 Å². The molecule has 32 heavy (non-hydrogen) atoms. The summed E-state index contributed by atoms with van der Waals surface area (Å²) in [4.78, 5) is 22.7. The average molecular weight is 444 g/mol. The number of amides is 1. The molecular formula is C22H16F4N4O2. The number of rotatable bonds is 3. The van der Waals surface area contributed by atoms with E-state index in [4.69, 9.17) is 4.74 Å². The second-order valence-corrected chi connectivity index (χ2v) is 7.62. The van der Waals surface area contributed by atoms with Crippen molar-refractivity contribution >= 4 is 17.7 Å². The summed E-state index contributed by atoms with van der Waals surface area (Å²) in [6, 6.07) is 11.3. The maximum Gasteiger partial charge on any atom is 0.413 e. The first-order valence-corrected chi connectivity index (χ1v) is 9.74. The van der Waals surface area contributed by atoms with Gasteiger partial charge in [0.25, 0.3) is 0 Å². The minimum Gasteiger partial charge on any atom is -0.433 e. The molecule has 0 N–H and O–H groups in total. The number of benzene rings is 2. The van der Waals surface area contributed by atoms with Gasteiger partial charge in [-0.2, -0.15) is 13.2 Å². The Balaban J connectivity index is 1.65. The first-order valence-electron chi connectivity index (χ1n) is 9.74. The van der Waals surface area contributed by atoms with Gasteiger partial charge in [-0.15, -0.1) is 0 Å². The number of nitrogens with zero attached hydrogens (tertiary/aromatic N) is 4. The van der Waals surface area contributed by atoms with E-state index in [1.807, 2.05) is 0 Å². The van der Waals surface area contributed by atoms with Gasteiger partial charge in [0.2, 0.25) is 5.95 Å². The van der Waals surface area contributed by atoms with E-state index in [1.54, 1.807) is 30.3 Å². The van der Waals surface area contributed by atoms with Gasteiger partial charge in [0.15, 0.2) is 11.6 Å². The molecule has 5 rings (SSSR count). The quantitative estimate of drug-likeness (QED) is 0.555. The molecule has 3 aromatic rings. The van der Waals surface area contributed by atoms with Crippen LogP contribution >= 0.6 is 0 Å². The summed E-state index contributed by atoms with van der Waals surface area (Å²) in [7, 11) is 0. The van der Waals surface area contributed by atoms with E-state index in [0.29, 0.717) is 0 Å². The van der Waals surface area contributed by atoms with Crippen LogP contribution in [-0.2, 0) is 16.9 Å². The lowest BCUT2D eigenvalue weighted by atomic mass is 9.88. The van der Waals surface area contributed by atoms with Crippen molar-refractivity contribution < 1.29 is 27.1 Å². The molecule has 0 saturated carbocycles. The third kappa shape index (κ3) is 3.14. The van der Waals surface area contributed by atoms with Crippen LogP contribution in [0.25, 0.3) is 0 Å². The van der Waals surface area contributed by atoms with Gasteiger partial charge in [-0.25, -0.2) is 19.2 Å². The Labute approximate surface area is 180 Å². The number of halogens is 4. The van der Waals surface area contributed by atoms with E-state index >= 15 is 0 Å². The molecular weight excluding hydrogens is 428 g/mol. The zero-order valence-corrected chi connectivity index (χ0v) is 16.5. The molecule has 2 unspecified atom stereocenters. The standard InChI is InChI=1S/C22H16F4N4O2/c23-15-7-8-16-17(11-15)30(19-27-9-4-10-28-19)18(22(24,25)26)21(16)13-29(20(31)32-21)12-14-5-2-1-3-6-14/h1-11,18H,12-13H2. The second kappa shape index (κ2) is 7.18. The van der Waals surface area contributed by atoms with Crippen LogP contribution in [0.15, 0.2) is 67.0 Å². The zero-order chi connectivity index (χ0) is 22.5. The summed E-state index contributed by atoms with van der Waals surface area (Å²) in [5, 5.41) is 0. The molecule has 0 aliphatic carbocycles. The molecule has 3 heterocycles. The summed E-state index contributed by atoms with van der Waals surface area (Å²) in [5.41, 5.74) is -1.40. The molecule has 0 bridgehead atoms. The summed E-state index contributed by atoms with van der Waals surface area (Å²) in [6.45, 7) is -0.294. The van der Waals surface area contributed by atoms with Crippen LogP contribution in [0.5, 0.6) is 0 Å². The van der Waals surface area contributed by atoms with E-state index in [-0.39, 0.29) is 30.3 Å². The van der Waals surface area contributed by atoms with E-state index in [2.05, 4.69) is 9.97 Å². The van der Waals surface area contributed by atoms with Crippen LogP contribution in [0, 0.1) is 5.82 Å². The van der Waals surface area contributed by atoms with Crippen molar-refractivity contribution in [3.05, 3.63) is 83.9 Å². The summed E-state index contributed by atoms with van der Waals surface area (Å²) in [5.74, 6) is -0.996. The van der Waals surface area contributed by atoms with Gasteiger partial charge >= 0.3 is 12.3 Å². The van der Waals surface area contributed by atoms with Crippen LogP contribution in [-0.4, -0.2) is 39.7 Å². The van der Waals surface area contributed by atoms with Crippen molar-refractivity contribution in [3.63, 3.8) is 0 Å². The predicted octanol–water partition coefficient (Wildman–Crippen LogP) is 4.55. The highest BCUT2D eigenvalue weighted by atomic mass is 19.4. The maximum absolute atomic E-state index is 14.5. The Morgan fingerprint density at radius 1 is 1.06 bits per heavy atom. The molecule has 1 spiro atoms. The minimum absolute atomic E-state index is 0.0533. The molecule has 2 aromatic carbocycles. The second-order valence-electron chi connectivity index (χ2n) is 7.62. The third-order valence-corrected chi connectivity index (χ3v) is 5.62. The van der Waals surface area contributed by atoms with Crippen molar-refractivity contribution in [2.75, 3.05) is 11.4 Å². The van der Waals surface area contributed by atoms with E-state index in [0.717, 1.165) is 22.6 Å². The summed E-state index contributed by atoms with van der Waals surface area (Å²) < 4.78 is 63.2. The molecule has 6 nitrogen and oxygen atoms in total. The van der Waals surface area contributed by atoms with E-state index in [1.165, 1.54) is 29.4 Å². The molecule has 164 valence electrons. The van der Waals surface area contributed by atoms with Crippen molar-refractivity contribution in [2.45, 2.75) is 24.4 Å². The number of carbonyl (C=O) groups excluding carboxylic acids is 1. The highest BCUT2D eigenvalue weighted by Gasteiger charge is 2.69. The molecule has 2 aliphatic heterocycles. The van der Waals surface area contributed by atoms with Crippen molar-refractivity contribution in [1.82, 2.24) is 14.9 Å². The molecule has 0 radical (unpaired) electrons. The number of fused-ring (bicyclic) bond motifs is 2. The molecule has 2 aliphatic rings. The van der Waals surface area contributed by atoms with Gasteiger partial charge in [-0.3, -0.25) is 9.80 Å². The van der Waals surface area contributed by atoms with Crippen molar-refractivity contribution in [1.29, 1.82) is 0 Å². The average Bonchev–Trinajstić information content (AvgIpc) is 3.22. The molecule has 1 fully saturated rings. The fraction of sp³-hybridized carbons (Fsp3) is 0.227. The first-order chi connectivity index (χ1) is 15.3. The monoisotopic (exact) mass is 444 g/mol. The minimum atomic E-state index is -4.85. The Bertz CT molecular complexity index is 1160. The number of aromatic nitrogens is 2. The topological polar surface area (TPSA) is 58.6 Å².